The molecule has 0 aliphatic rings. The van der Waals surface area contributed by atoms with Gasteiger partial charge in [-0.05, 0) is 48.0 Å². The molecule has 0 saturated heterocycles. The fourth-order valence-electron chi connectivity index (χ4n) is 3.90. The Morgan fingerprint density at radius 3 is 2.37 bits per heavy atom. The Morgan fingerprint density at radius 2 is 1.68 bits per heavy atom. The third kappa shape index (κ3) is 5.60. The van der Waals surface area contributed by atoms with Gasteiger partial charge in [-0.15, -0.1) is 0 Å². The molecule has 1 amide bonds. The van der Waals surface area contributed by atoms with Gasteiger partial charge in [0, 0.05) is 15.5 Å². The van der Waals surface area contributed by atoms with E-state index in [0.717, 1.165) is 17.3 Å². The second kappa shape index (κ2) is 10.9. The van der Waals surface area contributed by atoms with Gasteiger partial charge >= 0.3 is 5.97 Å². The molecule has 0 bridgehead atoms. The summed E-state index contributed by atoms with van der Waals surface area (Å²) in [6.07, 6.45) is 0. The quantitative estimate of drug-likeness (QED) is 0.274. The molecule has 0 spiro atoms. The highest BCUT2D eigenvalue weighted by atomic mass is 35.5. The lowest BCUT2D eigenvalue weighted by Crippen LogP contribution is -2.53. The van der Waals surface area contributed by atoms with Crippen molar-refractivity contribution >= 4 is 73.6 Å². The summed E-state index contributed by atoms with van der Waals surface area (Å²) >= 11 is 13.0. The fraction of sp³-hybridized carbons (Fsp3) is 0.200. The van der Waals surface area contributed by atoms with Crippen LogP contribution in [-0.2, 0) is 25.0 Å². The van der Waals surface area contributed by atoms with Crippen LogP contribution in [0.2, 0.25) is 10.0 Å². The Bertz CT molecular complexity index is 1620. The number of anilines is 1. The van der Waals surface area contributed by atoms with Crippen molar-refractivity contribution in [3.8, 4) is 0 Å². The zero-order valence-corrected chi connectivity index (χ0v) is 23.5. The van der Waals surface area contributed by atoms with E-state index in [1.54, 1.807) is 50.2 Å². The summed E-state index contributed by atoms with van der Waals surface area (Å²) in [6, 6.07) is 14.4. The Labute approximate surface area is 233 Å². The molecule has 0 aliphatic heterocycles. The number of carbonyl (C=O) groups excluding carboxylic acids is 2. The van der Waals surface area contributed by atoms with E-state index in [-0.39, 0.29) is 26.7 Å². The standard InChI is InChI=1S/C25H22Cl2N4O5S2/c1-25(2,14-7-9-15(26)10-8-14)22(24(33)36-3)28-23(32)17-12-11-16(27)13-19(17)31-38(34,35)20-6-4-5-18-21(20)30-37-29-18/h4-13,22,31H,1-3H3,(H,28,32)/t22-/m1/s1. The number of hydrogen-bond donors (Lipinski definition) is 2. The average Bonchev–Trinajstić information content (AvgIpc) is 3.35. The number of halogens is 2. The van der Waals surface area contributed by atoms with Gasteiger partial charge in [-0.1, -0.05) is 55.2 Å². The van der Waals surface area contributed by atoms with Gasteiger partial charge < -0.3 is 10.1 Å². The highest BCUT2D eigenvalue weighted by Crippen LogP contribution is 2.31. The third-order valence-corrected chi connectivity index (χ3v) is 8.46. The van der Waals surface area contributed by atoms with E-state index in [1.807, 2.05) is 0 Å². The third-order valence-electron chi connectivity index (χ3n) is 6.03. The van der Waals surface area contributed by atoms with E-state index in [2.05, 4.69) is 18.8 Å². The Kier molecular flexibility index (Phi) is 7.93. The second-order valence-electron chi connectivity index (χ2n) is 8.84. The molecular weight excluding hydrogens is 571 g/mol. The number of benzene rings is 3. The van der Waals surface area contributed by atoms with Gasteiger partial charge in [-0.3, -0.25) is 9.52 Å². The van der Waals surface area contributed by atoms with E-state index in [1.165, 1.54) is 31.4 Å². The number of amides is 1. The summed E-state index contributed by atoms with van der Waals surface area (Å²) in [5.74, 6) is -1.40. The minimum Gasteiger partial charge on any atom is -0.467 e. The largest absolute Gasteiger partial charge is 0.467 e. The minimum absolute atomic E-state index is 0.0534. The maximum absolute atomic E-state index is 13.5. The number of methoxy groups -OCH3 is 1. The molecule has 9 nitrogen and oxygen atoms in total. The zero-order valence-electron chi connectivity index (χ0n) is 20.4. The van der Waals surface area contributed by atoms with Crippen molar-refractivity contribution in [1.82, 2.24) is 14.1 Å². The molecule has 0 fully saturated rings. The summed E-state index contributed by atoms with van der Waals surface area (Å²) in [7, 11) is -2.98. The first kappa shape index (κ1) is 27.8. The number of rotatable bonds is 8. The highest BCUT2D eigenvalue weighted by molar-refractivity contribution is 7.93. The van der Waals surface area contributed by atoms with Crippen molar-refractivity contribution in [3.63, 3.8) is 0 Å². The number of fused-ring (bicyclic) bond motifs is 1. The smallest absolute Gasteiger partial charge is 0.329 e. The van der Waals surface area contributed by atoms with Crippen LogP contribution >= 0.6 is 34.9 Å². The summed E-state index contributed by atoms with van der Waals surface area (Å²) in [5.41, 5.74) is 0.290. The fourth-order valence-corrected chi connectivity index (χ4v) is 6.04. The Morgan fingerprint density at radius 1 is 1.00 bits per heavy atom. The van der Waals surface area contributed by atoms with Crippen molar-refractivity contribution in [2.45, 2.75) is 30.2 Å². The first-order valence-corrected chi connectivity index (χ1v) is 14.1. The predicted molar refractivity (Wildman–Crippen MR) is 147 cm³/mol. The van der Waals surface area contributed by atoms with Crippen molar-refractivity contribution in [3.05, 3.63) is 81.8 Å². The van der Waals surface area contributed by atoms with Crippen LogP contribution in [0.3, 0.4) is 0 Å². The molecule has 4 rings (SSSR count). The molecule has 198 valence electrons. The summed E-state index contributed by atoms with van der Waals surface area (Å²) in [4.78, 5) is 26.2. The lowest BCUT2D eigenvalue weighted by molar-refractivity contribution is -0.144. The summed E-state index contributed by atoms with van der Waals surface area (Å²) in [5, 5.41) is 3.42. The van der Waals surface area contributed by atoms with Gasteiger partial charge in [0.1, 0.15) is 22.0 Å². The minimum atomic E-state index is -4.20. The molecule has 1 atom stereocenters. The van der Waals surface area contributed by atoms with Gasteiger partial charge in [0.2, 0.25) is 0 Å². The number of carbonyl (C=O) groups is 2. The molecule has 0 saturated carbocycles. The molecule has 1 aromatic heterocycles. The number of esters is 1. The van der Waals surface area contributed by atoms with E-state index in [9.17, 15) is 18.0 Å². The van der Waals surface area contributed by atoms with Crippen molar-refractivity contribution in [2.75, 3.05) is 11.8 Å². The van der Waals surface area contributed by atoms with Crippen LogP contribution in [0.25, 0.3) is 11.0 Å². The van der Waals surface area contributed by atoms with Gasteiger partial charge in [0.05, 0.1) is 30.1 Å². The number of ether oxygens (including phenoxy) is 1. The number of hydrogen-bond acceptors (Lipinski definition) is 8. The lowest BCUT2D eigenvalue weighted by atomic mass is 9.77. The second-order valence-corrected chi connectivity index (χ2v) is 11.9. The SMILES string of the molecule is COC(=O)[C@@H](NC(=O)c1ccc(Cl)cc1NS(=O)(=O)c1cccc2nsnc12)C(C)(C)c1ccc(Cl)cc1. The number of aromatic nitrogens is 2. The van der Waals surface area contributed by atoms with Crippen LogP contribution in [0.15, 0.2) is 65.6 Å². The van der Waals surface area contributed by atoms with Crippen LogP contribution in [0.1, 0.15) is 29.8 Å². The first-order chi connectivity index (χ1) is 17.9. The van der Waals surface area contributed by atoms with E-state index in [0.29, 0.717) is 10.5 Å². The van der Waals surface area contributed by atoms with E-state index in [4.69, 9.17) is 27.9 Å². The lowest BCUT2D eigenvalue weighted by Gasteiger charge is -2.33. The highest BCUT2D eigenvalue weighted by Gasteiger charge is 2.39. The maximum Gasteiger partial charge on any atom is 0.329 e. The Balaban J connectivity index is 1.69. The van der Waals surface area contributed by atoms with Crippen molar-refractivity contribution < 1.29 is 22.7 Å². The van der Waals surface area contributed by atoms with Crippen LogP contribution < -0.4 is 10.0 Å². The van der Waals surface area contributed by atoms with Crippen LogP contribution in [0.5, 0.6) is 0 Å². The first-order valence-electron chi connectivity index (χ1n) is 11.1. The zero-order chi connectivity index (χ0) is 27.7. The molecule has 13 heteroatoms. The maximum atomic E-state index is 13.5. The van der Waals surface area contributed by atoms with Crippen molar-refractivity contribution in [1.29, 1.82) is 0 Å². The molecule has 2 N–H and O–H groups in total. The predicted octanol–water partition coefficient (Wildman–Crippen LogP) is 5.05. The van der Waals surface area contributed by atoms with Gasteiger partial charge in [0.15, 0.2) is 0 Å². The molecule has 0 aliphatic carbocycles. The summed E-state index contributed by atoms with van der Waals surface area (Å²) < 4.78 is 42.2. The number of sulfonamides is 1. The monoisotopic (exact) mass is 592 g/mol. The molecule has 0 radical (unpaired) electrons. The average molecular weight is 594 g/mol. The number of nitrogens with zero attached hydrogens (tertiary/aromatic N) is 2. The molecule has 4 aromatic rings. The van der Waals surface area contributed by atoms with Gasteiger partial charge in [0.25, 0.3) is 15.9 Å². The molecule has 3 aromatic carbocycles. The molecule has 0 unspecified atom stereocenters. The summed E-state index contributed by atoms with van der Waals surface area (Å²) in [6.45, 7) is 3.54. The van der Waals surface area contributed by atoms with Crippen LogP contribution in [0.4, 0.5) is 5.69 Å². The normalized spacial score (nSPS) is 12.7. The topological polar surface area (TPSA) is 127 Å². The Hall–Kier alpha value is -3.25. The molecular formula is C25H22Cl2N4O5S2. The van der Waals surface area contributed by atoms with E-state index >= 15 is 0 Å². The van der Waals surface area contributed by atoms with E-state index < -0.39 is 33.4 Å². The van der Waals surface area contributed by atoms with Crippen molar-refractivity contribution in [2.24, 2.45) is 0 Å². The molecule has 1 heterocycles. The van der Waals surface area contributed by atoms with Gasteiger partial charge in [-0.25, -0.2) is 13.2 Å². The van der Waals surface area contributed by atoms with Gasteiger partial charge in [-0.2, -0.15) is 8.75 Å². The van der Waals surface area contributed by atoms with Crippen LogP contribution in [-0.4, -0.2) is 42.2 Å². The number of nitrogens with one attached hydrogen (secondary N) is 2. The van der Waals surface area contributed by atoms with Crippen LogP contribution in [0, 0.1) is 0 Å². The molecule has 38 heavy (non-hydrogen) atoms.